The Labute approximate surface area is 186 Å². The van der Waals surface area contributed by atoms with Crippen LogP contribution < -0.4 is 19.0 Å². The molecule has 0 saturated carbocycles. The van der Waals surface area contributed by atoms with E-state index < -0.39 is 26.3 Å². The zero-order valence-corrected chi connectivity index (χ0v) is 18.5. The van der Waals surface area contributed by atoms with E-state index in [-0.39, 0.29) is 33.5 Å². The van der Waals surface area contributed by atoms with Crippen molar-refractivity contribution in [1.82, 2.24) is 0 Å². The van der Waals surface area contributed by atoms with Gasteiger partial charge in [0, 0.05) is 11.8 Å². The highest BCUT2D eigenvalue weighted by Crippen LogP contribution is 2.28. The van der Waals surface area contributed by atoms with Gasteiger partial charge in [0.15, 0.2) is 5.75 Å². The van der Waals surface area contributed by atoms with Crippen LogP contribution in [0, 0.1) is 0 Å². The summed E-state index contributed by atoms with van der Waals surface area (Å²) < 4.78 is 58.3. The van der Waals surface area contributed by atoms with Crippen LogP contribution in [-0.4, -0.2) is 28.6 Å². The summed E-state index contributed by atoms with van der Waals surface area (Å²) in [6.45, 7) is 1.45. The highest BCUT2D eigenvalue weighted by molar-refractivity contribution is 7.87. The van der Waals surface area contributed by atoms with Gasteiger partial charge in [-0.25, -0.2) is 4.79 Å². The Balaban J connectivity index is 1.73. The number of hydrogen-bond acceptors (Lipinski definition) is 7. The molecule has 0 aliphatic carbocycles. The van der Waals surface area contributed by atoms with Gasteiger partial charge in [0.1, 0.15) is 10.6 Å². The van der Waals surface area contributed by atoms with Gasteiger partial charge in [0.05, 0.1) is 11.4 Å². The quantitative estimate of drug-likeness (QED) is 0.473. The fourth-order valence-electron chi connectivity index (χ4n) is 2.51. The summed E-state index contributed by atoms with van der Waals surface area (Å²) in [4.78, 5) is 12.4. The largest absolute Gasteiger partial charge is 0.382 e. The van der Waals surface area contributed by atoms with Crippen LogP contribution in [0.15, 0.2) is 83.8 Å². The summed E-state index contributed by atoms with van der Waals surface area (Å²) in [6.07, 6.45) is 0. The van der Waals surface area contributed by atoms with Crippen molar-refractivity contribution in [1.29, 1.82) is 0 Å². The number of urea groups is 1. The standard InChI is InChI=1S/C21H20N2O7S2/c1-2-31(25,26)29-17-10-8-9-16(15-17)22-21(24)23-19-13-6-7-14-20(19)30-32(27,28)18-11-4-3-5-12-18/h3-15H,2H2,1H3,(H2,22,23,24). The molecule has 2 N–H and O–H groups in total. The van der Waals surface area contributed by atoms with Crippen LogP contribution in [0.4, 0.5) is 16.2 Å². The topological polar surface area (TPSA) is 128 Å². The first-order valence-corrected chi connectivity index (χ1v) is 12.4. The summed E-state index contributed by atoms with van der Waals surface area (Å²) in [5.41, 5.74) is 0.382. The molecule has 0 saturated heterocycles. The molecule has 11 heteroatoms. The lowest BCUT2D eigenvalue weighted by Crippen LogP contribution is -2.20. The van der Waals surface area contributed by atoms with E-state index in [4.69, 9.17) is 8.37 Å². The van der Waals surface area contributed by atoms with E-state index in [2.05, 4.69) is 10.6 Å². The first-order chi connectivity index (χ1) is 15.2. The van der Waals surface area contributed by atoms with Gasteiger partial charge in [-0.3, -0.25) is 0 Å². The van der Waals surface area contributed by atoms with E-state index in [1.807, 2.05) is 0 Å². The van der Waals surface area contributed by atoms with Gasteiger partial charge >= 0.3 is 26.3 Å². The number of anilines is 2. The normalized spacial score (nSPS) is 11.4. The number of rotatable bonds is 8. The third kappa shape index (κ3) is 6.22. The number of carbonyl (C=O) groups is 1. The third-order valence-electron chi connectivity index (χ3n) is 4.04. The lowest BCUT2D eigenvalue weighted by atomic mass is 10.3. The van der Waals surface area contributed by atoms with Crippen molar-refractivity contribution >= 4 is 37.6 Å². The Hall–Kier alpha value is -3.57. The van der Waals surface area contributed by atoms with Gasteiger partial charge in [-0.1, -0.05) is 36.4 Å². The molecule has 0 spiro atoms. The summed E-state index contributed by atoms with van der Waals surface area (Å²) in [5.74, 6) is -0.228. The Kier molecular flexibility index (Phi) is 7.01. The Morgan fingerprint density at radius 3 is 2.22 bits per heavy atom. The molecule has 2 amide bonds. The lowest BCUT2D eigenvalue weighted by molar-refractivity contribution is 0.262. The maximum absolute atomic E-state index is 12.5. The van der Waals surface area contributed by atoms with Gasteiger partial charge in [-0.15, -0.1) is 0 Å². The summed E-state index contributed by atoms with van der Waals surface area (Å²) >= 11 is 0. The molecule has 3 rings (SSSR count). The molecule has 32 heavy (non-hydrogen) atoms. The number of nitrogens with one attached hydrogen (secondary N) is 2. The van der Waals surface area contributed by atoms with Crippen LogP contribution in [0.5, 0.6) is 11.5 Å². The van der Waals surface area contributed by atoms with E-state index in [0.717, 1.165) is 0 Å². The van der Waals surface area contributed by atoms with E-state index >= 15 is 0 Å². The Bertz CT molecular complexity index is 1310. The molecule has 0 aromatic heterocycles. The van der Waals surface area contributed by atoms with Gasteiger partial charge < -0.3 is 19.0 Å². The average Bonchev–Trinajstić information content (AvgIpc) is 2.75. The van der Waals surface area contributed by atoms with Crippen molar-refractivity contribution in [3.63, 3.8) is 0 Å². The van der Waals surface area contributed by atoms with Crippen molar-refractivity contribution in [3.05, 3.63) is 78.9 Å². The Morgan fingerprint density at radius 2 is 1.50 bits per heavy atom. The van der Waals surface area contributed by atoms with Gasteiger partial charge in [0.2, 0.25) is 0 Å². The van der Waals surface area contributed by atoms with Crippen LogP contribution in [0.1, 0.15) is 6.92 Å². The monoisotopic (exact) mass is 476 g/mol. The minimum absolute atomic E-state index is 0.0295. The highest BCUT2D eigenvalue weighted by Gasteiger charge is 2.19. The van der Waals surface area contributed by atoms with Gasteiger partial charge in [-0.05, 0) is 43.3 Å². The second-order valence-electron chi connectivity index (χ2n) is 6.38. The van der Waals surface area contributed by atoms with Gasteiger partial charge in [0.25, 0.3) is 0 Å². The zero-order chi connectivity index (χ0) is 23.2. The summed E-state index contributed by atoms with van der Waals surface area (Å²) in [5, 5.41) is 5.04. The molecule has 0 atom stereocenters. The minimum atomic E-state index is -4.10. The number of amides is 2. The molecule has 0 aliphatic rings. The van der Waals surface area contributed by atoms with Crippen molar-refractivity contribution in [2.75, 3.05) is 16.4 Å². The van der Waals surface area contributed by atoms with Gasteiger partial charge in [-0.2, -0.15) is 16.8 Å². The first kappa shape index (κ1) is 23.1. The summed E-state index contributed by atoms with van der Waals surface area (Å²) in [7, 11) is -7.82. The molecule has 9 nitrogen and oxygen atoms in total. The molecule has 0 unspecified atom stereocenters. The fourth-order valence-corrected chi connectivity index (χ4v) is 4.00. The smallest absolute Gasteiger partial charge is 0.339 e. The zero-order valence-electron chi connectivity index (χ0n) is 16.9. The number of benzene rings is 3. The highest BCUT2D eigenvalue weighted by atomic mass is 32.2. The van der Waals surface area contributed by atoms with Crippen LogP contribution in [-0.2, 0) is 20.2 Å². The molecule has 0 fully saturated rings. The molecular weight excluding hydrogens is 456 g/mol. The molecule has 3 aromatic carbocycles. The van der Waals surface area contributed by atoms with Crippen molar-refractivity contribution in [3.8, 4) is 11.5 Å². The van der Waals surface area contributed by atoms with Crippen LogP contribution in [0.3, 0.4) is 0 Å². The van der Waals surface area contributed by atoms with E-state index in [0.29, 0.717) is 0 Å². The van der Waals surface area contributed by atoms with E-state index in [1.165, 1.54) is 55.5 Å². The lowest BCUT2D eigenvalue weighted by Gasteiger charge is -2.13. The third-order valence-corrected chi connectivity index (χ3v) is 6.44. The molecular formula is C21H20N2O7S2. The summed E-state index contributed by atoms with van der Waals surface area (Å²) in [6, 6.07) is 18.8. The predicted octanol–water partition coefficient (Wildman–Crippen LogP) is 3.83. The van der Waals surface area contributed by atoms with Crippen molar-refractivity contribution in [2.24, 2.45) is 0 Å². The van der Waals surface area contributed by atoms with Crippen molar-refractivity contribution < 1.29 is 30.0 Å². The van der Waals surface area contributed by atoms with Crippen LogP contribution in [0.25, 0.3) is 0 Å². The van der Waals surface area contributed by atoms with Crippen molar-refractivity contribution in [2.45, 2.75) is 11.8 Å². The fraction of sp³-hybridized carbons (Fsp3) is 0.0952. The molecule has 168 valence electrons. The van der Waals surface area contributed by atoms with Crippen LogP contribution >= 0.6 is 0 Å². The number of para-hydroxylation sites is 2. The maximum atomic E-state index is 12.5. The van der Waals surface area contributed by atoms with E-state index in [1.54, 1.807) is 30.3 Å². The SMILES string of the molecule is CCS(=O)(=O)Oc1cccc(NC(=O)Nc2ccccc2OS(=O)(=O)c2ccccc2)c1. The minimum Gasteiger partial charge on any atom is -0.382 e. The average molecular weight is 477 g/mol. The molecule has 0 heterocycles. The second-order valence-corrected chi connectivity index (χ2v) is 9.79. The maximum Gasteiger partial charge on any atom is 0.339 e. The first-order valence-electron chi connectivity index (χ1n) is 9.37. The Morgan fingerprint density at radius 1 is 0.812 bits per heavy atom. The van der Waals surface area contributed by atoms with Crippen LogP contribution in [0.2, 0.25) is 0 Å². The molecule has 0 aliphatic heterocycles. The molecule has 0 radical (unpaired) electrons. The van der Waals surface area contributed by atoms with E-state index in [9.17, 15) is 21.6 Å². The molecule has 0 bridgehead atoms. The number of carbonyl (C=O) groups excluding carboxylic acids is 1. The number of hydrogen-bond donors (Lipinski definition) is 2. The molecule has 3 aromatic rings. The second kappa shape index (κ2) is 9.71. The predicted molar refractivity (Wildman–Crippen MR) is 120 cm³/mol.